The maximum absolute atomic E-state index is 12.2. The molecule has 0 spiro atoms. The predicted octanol–water partition coefficient (Wildman–Crippen LogP) is 1.59. The minimum absolute atomic E-state index is 0.0716. The summed E-state index contributed by atoms with van der Waals surface area (Å²) in [6.45, 7) is 3.80. The van der Waals surface area contributed by atoms with Crippen molar-refractivity contribution in [1.82, 2.24) is 4.90 Å². The second-order valence-corrected chi connectivity index (χ2v) is 8.13. The first-order valence-corrected chi connectivity index (χ1v) is 9.15. The van der Waals surface area contributed by atoms with Crippen LogP contribution in [-0.2, 0) is 21.2 Å². The highest BCUT2D eigenvalue weighted by Crippen LogP contribution is 2.23. The van der Waals surface area contributed by atoms with Gasteiger partial charge in [-0.25, -0.2) is 13.6 Å². The van der Waals surface area contributed by atoms with Crippen molar-refractivity contribution >= 4 is 27.3 Å². The van der Waals surface area contributed by atoms with Gasteiger partial charge in [0.05, 0.1) is 6.42 Å². The van der Waals surface area contributed by atoms with Crippen LogP contribution in [0.1, 0.15) is 31.1 Å². The molecule has 2 heterocycles. The number of sulfonamides is 1. The smallest absolute Gasteiger partial charge is 0.247 e. The molecule has 1 aliphatic rings. The van der Waals surface area contributed by atoms with Crippen LogP contribution in [0.25, 0.3) is 0 Å². The Hall–Kier alpha value is -0.920. The molecule has 5 nitrogen and oxygen atoms in total. The fourth-order valence-corrected chi connectivity index (χ4v) is 4.23. The second kappa shape index (κ2) is 6.24. The number of hydrogen-bond acceptors (Lipinski definition) is 4. The molecular formula is C13H20N2O3S2. The molecule has 0 aliphatic carbocycles. The first kappa shape index (κ1) is 15.5. The summed E-state index contributed by atoms with van der Waals surface area (Å²) in [6, 6.07) is 3.13. The molecule has 2 rings (SSSR count). The van der Waals surface area contributed by atoms with Crippen molar-refractivity contribution in [1.29, 1.82) is 0 Å². The van der Waals surface area contributed by atoms with E-state index >= 15 is 0 Å². The van der Waals surface area contributed by atoms with Gasteiger partial charge in [0, 0.05) is 18.0 Å². The van der Waals surface area contributed by atoms with Gasteiger partial charge in [0.2, 0.25) is 15.9 Å². The molecule has 0 bridgehead atoms. The third-order valence-electron chi connectivity index (χ3n) is 3.79. The van der Waals surface area contributed by atoms with Crippen molar-refractivity contribution < 1.29 is 13.2 Å². The summed E-state index contributed by atoms with van der Waals surface area (Å²) in [7, 11) is -3.66. The Morgan fingerprint density at radius 1 is 1.40 bits per heavy atom. The number of primary sulfonamides is 1. The fraction of sp³-hybridized carbons (Fsp3) is 0.615. The molecule has 0 radical (unpaired) electrons. The van der Waals surface area contributed by atoms with Crippen LogP contribution in [0.15, 0.2) is 16.3 Å². The molecule has 112 valence electrons. The van der Waals surface area contributed by atoms with E-state index in [2.05, 4.69) is 6.92 Å². The van der Waals surface area contributed by atoms with E-state index in [9.17, 15) is 13.2 Å². The van der Waals surface area contributed by atoms with Crippen molar-refractivity contribution in [3.63, 3.8) is 0 Å². The van der Waals surface area contributed by atoms with Crippen LogP contribution >= 0.6 is 11.3 Å². The lowest BCUT2D eigenvalue weighted by atomic mass is 9.94. The first-order valence-electron chi connectivity index (χ1n) is 6.79. The van der Waals surface area contributed by atoms with E-state index in [0.717, 1.165) is 48.1 Å². The zero-order valence-corrected chi connectivity index (χ0v) is 13.2. The molecule has 1 aliphatic heterocycles. The minimum atomic E-state index is -3.66. The van der Waals surface area contributed by atoms with Gasteiger partial charge in [0.1, 0.15) is 4.21 Å². The number of piperidine rings is 1. The van der Waals surface area contributed by atoms with Crippen molar-refractivity contribution in [2.45, 2.75) is 36.8 Å². The molecule has 0 aromatic carbocycles. The highest BCUT2D eigenvalue weighted by atomic mass is 32.2. The zero-order chi connectivity index (χ0) is 14.8. The van der Waals surface area contributed by atoms with Gasteiger partial charge in [-0.05, 0) is 30.9 Å². The lowest BCUT2D eigenvalue weighted by Crippen LogP contribution is -2.39. The van der Waals surface area contributed by atoms with Crippen LogP contribution in [0.4, 0.5) is 0 Å². The van der Waals surface area contributed by atoms with Crippen LogP contribution in [0.2, 0.25) is 0 Å². The van der Waals surface area contributed by atoms with Crippen LogP contribution in [0.3, 0.4) is 0 Å². The normalized spacial score (nSPS) is 17.4. The number of amides is 1. The first-order chi connectivity index (χ1) is 9.40. The largest absolute Gasteiger partial charge is 0.342 e. The molecule has 1 aromatic heterocycles. The van der Waals surface area contributed by atoms with Crippen molar-refractivity contribution in [3.8, 4) is 0 Å². The monoisotopic (exact) mass is 316 g/mol. The quantitative estimate of drug-likeness (QED) is 0.916. The Morgan fingerprint density at radius 3 is 2.55 bits per heavy atom. The van der Waals surface area contributed by atoms with Crippen molar-refractivity contribution in [3.05, 3.63) is 17.0 Å². The van der Waals surface area contributed by atoms with Gasteiger partial charge in [0.25, 0.3) is 0 Å². The van der Waals surface area contributed by atoms with Gasteiger partial charge in [-0.1, -0.05) is 13.3 Å². The van der Waals surface area contributed by atoms with Gasteiger partial charge < -0.3 is 4.90 Å². The average Bonchev–Trinajstić information content (AvgIpc) is 2.87. The van der Waals surface area contributed by atoms with E-state index in [1.54, 1.807) is 6.07 Å². The predicted molar refractivity (Wildman–Crippen MR) is 79.0 cm³/mol. The molecule has 1 saturated heterocycles. The fourth-order valence-electron chi connectivity index (χ4n) is 2.46. The average molecular weight is 316 g/mol. The molecule has 7 heteroatoms. The molecule has 1 amide bonds. The van der Waals surface area contributed by atoms with Gasteiger partial charge in [-0.15, -0.1) is 11.3 Å². The standard InChI is InChI=1S/C13H20N2O3S2/c1-2-10-5-7-15(8-6-10)12(16)9-11-3-4-13(19-11)20(14,17)18/h3-4,10H,2,5-9H2,1H3,(H2,14,17,18). The van der Waals surface area contributed by atoms with Gasteiger partial charge in [-0.3, -0.25) is 4.79 Å². The molecule has 2 N–H and O–H groups in total. The number of likely N-dealkylation sites (tertiary alicyclic amines) is 1. The summed E-state index contributed by atoms with van der Waals surface area (Å²) in [5.41, 5.74) is 0. The maximum atomic E-state index is 12.2. The summed E-state index contributed by atoms with van der Waals surface area (Å²) in [6.07, 6.45) is 3.56. The highest BCUT2D eigenvalue weighted by molar-refractivity contribution is 7.91. The van der Waals surface area contributed by atoms with Crippen LogP contribution in [-0.4, -0.2) is 32.3 Å². The summed E-state index contributed by atoms with van der Waals surface area (Å²) in [5.74, 6) is 0.803. The highest BCUT2D eigenvalue weighted by Gasteiger charge is 2.22. The Bertz CT molecular complexity index is 572. The van der Waals surface area contributed by atoms with E-state index in [-0.39, 0.29) is 16.5 Å². The SMILES string of the molecule is CCC1CCN(C(=O)Cc2ccc(S(N)(=O)=O)s2)CC1. The van der Waals surface area contributed by atoms with Crippen molar-refractivity contribution in [2.75, 3.05) is 13.1 Å². The molecule has 1 aromatic rings. The van der Waals surface area contributed by atoms with E-state index in [4.69, 9.17) is 5.14 Å². The Labute approximate surface area is 123 Å². The van der Waals surface area contributed by atoms with Crippen molar-refractivity contribution in [2.24, 2.45) is 11.1 Å². The number of hydrogen-bond donors (Lipinski definition) is 1. The molecular weight excluding hydrogens is 296 g/mol. The lowest BCUT2D eigenvalue weighted by molar-refractivity contribution is -0.131. The number of thiophene rings is 1. The van der Waals surface area contributed by atoms with E-state index in [1.807, 2.05) is 4.90 Å². The number of nitrogens with zero attached hydrogens (tertiary/aromatic N) is 1. The molecule has 1 fully saturated rings. The molecule has 0 atom stereocenters. The molecule has 0 saturated carbocycles. The molecule has 0 unspecified atom stereocenters. The maximum Gasteiger partial charge on any atom is 0.247 e. The number of carbonyl (C=O) groups is 1. The number of carbonyl (C=O) groups excluding carboxylic acids is 1. The summed E-state index contributed by atoms with van der Waals surface area (Å²) in [5, 5.41) is 5.06. The summed E-state index contributed by atoms with van der Waals surface area (Å²) in [4.78, 5) is 14.8. The topological polar surface area (TPSA) is 80.5 Å². The van der Waals surface area contributed by atoms with Gasteiger partial charge >= 0.3 is 0 Å². The Morgan fingerprint density at radius 2 is 2.05 bits per heavy atom. The van der Waals surface area contributed by atoms with Crippen LogP contribution < -0.4 is 5.14 Å². The van der Waals surface area contributed by atoms with E-state index in [1.165, 1.54) is 12.5 Å². The Kier molecular flexibility index (Phi) is 4.82. The molecule has 20 heavy (non-hydrogen) atoms. The van der Waals surface area contributed by atoms with Gasteiger partial charge in [0.15, 0.2) is 0 Å². The minimum Gasteiger partial charge on any atom is -0.342 e. The second-order valence-electron chi connectivity index (χ2n) is 5.17. The van der Waals surface area contributed by atoms with Crippen LogP contribution in [0, 0.1) is 5.92 Å². The number of nitrogens with two attached hydrogens (primary N) is 1. The van der Waals surface area contributed by atoms with E-state index in [0.29, 0.717) is 0 Å². The third kappa shape index (κ3) is 3.80. The Balaban J connectivity index is 1.94. The van der Waals surface area contributed by atoms with Gasteiger partial charge in [-0.2, -0.15) is 0 Å². The van der Waals surface area contributed by atoms with E-state index < -0.39 is 10.0 Å². The van der Waals surface area contributed by atoms with Crippen LogP contribution in [0.5, 0.6) is 0 Å². The third-order valence-corrected chi connectivity index (χ3v) is 6.31. The summed E-state index contributed by atoms with van der Waals surface area (Å²) < 4.78 is 22.5. The lowest BCUT2D eigenvalue weighted by Gasteiger charge is -2.31. The zero-order valence-electron chi connectivity index (χ0n) is 11.5. The number of rotatable bonds is 4. The summed E-state index contributed by atoms with van der Waals surface area (Å²) >= 11 is 1.08.